The number of hydrogen-bond donors (Lipinski definition) is 0. The lowest BCUT2D eigenvalue weighted by molar-refractivity contribution is -0.384. The van der Waals surface area contributed by atoms with E-state index in [0.717, 1.165) is 28.6 Å². The summed E-state index contributed by atoms with van der Waals surface area (Å²) in [6.07, 6.45) is 5.42. The molecule has 2 aromatic rings. The molecule has 0 radical (unpaired) electrons. The van der Waals surface area contributed by atoms with Gasteiger partial charge in [0.05, 0.1) is 24.0 Å². The SMILES string of the molecule is C#CCCN([C@H](Cc1ccc(OC)cc1)C(=O)OC)S(=O)(=O)c1ccc([N+](=O)[O-])cc1. The van der Waals surface area contributed by atoms with E-state index in [1.165, 1.54) is 14.2 Å². The summed E-state index contributed by atoms with van der Waals surface area (Å²) in [6, 6.07) is 10.0. The molecule has 0 bridgehead atoms. The predicted molar refractivity (Wildman–Crippen MR) is 113 cm³/mol. The van der Waals surface area contributed by atoms with Gasteiger partial charge in [-0.05, 0) is 36.2 Å². The monoisotopic (exact) mass is 446 g/mol. The highest BCUT2D eigenvalue weighted by Crippen LogP contribution is 2.24. The quantitative estimate of drug-likeness (QED) is 0.238. The molecule has 0 heterocycles. The number of nitro groups is 1. The standard InChI is InChI=1S/C21H22N2O7S/c1-4-5-14-22(31(27,28)19-12-8-17(9-13-19)23(25)26)20(21(24)30-3)15-16-6-10-18(29-2)11-7-16/h1,6-13,20H,5,14-15H2,2-3H3/t20-/m1/s1. The number of terminal acetylenes is 1. The number of esters is 1. The first-order valence-corrected chi connectivity index (χ1v) is 10.6. The minimum Gasteiger partial charge on any atom is -0.497 e. The average Bonchev–Trinajstić information content (AvgIpc) is 2.78. The Morgan fingerprint density at radius 3 is 2.26 bits per heavy atom. The van der Waals surface area contributed by atoms with Crippen LogP contribution in [0.3, 0.4) is 0 Å². The normalized spacial score (nSPS) is 12.1. The second kappa shape index (κ2) is 10.6. The van der Waals surface area contributed by atoms with Crippen molar-refractivity contribution in [2.75, 3.05) is 20.8 Å². The molecule has 0 aliphatic carbocycles. The Kier molecular flexibility index (Phi) is 8.13. The molecule has 0 aliphatic rings. The average molecular weight is 446 g/mol. The van der Waals surface area contributed by atoms with Gasteiger partial charge < -0.3 is 9.47 Å². The Bertz CT molecular complexity index is 1060. The summed E-state index contributed by atoms with van der Waals surface area (Å²) in [5, 5.41) is 10.9. The number of carbonyl (C=O) groups excluding carboxylic acids is 1. The van der Waals surface area contributed by atoms with Crippen molar-refractivity contribution in [3.05, 3.63) is 64.2 Å². The molecule has 2 rings (SSSR count). The summed E-state index contributed by atoms with van der Waals surface area (Å²) in [5.74, 6) is 2.23. The zero-order valence-corrected chi connectivity index (χ0v) is 17.9. The summed E-state index contributed by atoms with van der Waals surface area (Å²) < 4.78 is 37.6. The number of rotatable bonds is 10. The molecule has 10 heteroatoms. The Balaban J connectivity index is 2.47. The van der Waals surface area contributed by atoms with Gasteiger partial charge in [-0.1, -0.05) is 12.1 Å². The molecule has 0 spiro atoms. The van der Waals surface area contributed by atoms with Crippen LogP contribution in [-0.4, -0.2) is 50.4 Å². The lowest BCUT2D eigenvalue weighted by Gasteiger charge is -2.29. The van der Waals surface area contributed by atoms with Crippen LogP contribution in [0.25, 0.3) is 0 Å². The maximum atomic E-state index is 13.3. The Morgan fingerprint density at radius 1 is 1.16 bits per heavy atom. The largest absolute Gasteiger partial charge is 0.497 e. The Hall–Kier alpha value is -3.42. The minimum absolute atomic E-state index is 0.0352. The van der Waals surface area contributed by atoms with Crippen LogP contribution >= 0.6 is 0 Å². The fraction of sp³-hybridized carbons (Fsp3) is 0.286. The van der Waals surface area contributed by atoms with E-state index in [-0.39, 0.29) is 30.0 Å². The fourth-order valence-corrected chi connectivity index (χ4v) is 4.50. The molecule has 0 unspecified atom stereocenters. The van der Waals surface area contributed by atoms with E-state index in [4.69, 9.17) is 15.9 Å². The summed E-state index contributed by atoms with van der Waals surface area (Å²) in [6.45, 7) is -0.133. The third-order valence-electron chi connectivity index (χ3n) is 4.54. The van der Waals surface area contributed by atoms with Gasteiger partial charge in [0.1, 0.15) is 11.8 Å². The van der Waals surface area contributed by atoms with E-state index in [0.29, 0.717) is 11.3 Å². The molecule has 0 aliphatic heterocycles. The maximum absolute atomic E-state index is 13.3. The van der Waals surface area contributed by atoms with Crippen LogP contribution in [0.1, 0.15) is 12.0 Å². The van der Waals surface area contributed by atoms with Gasteiger partial charge in [0.25, 0.3) is 5.69 Å². The van der Waals surface area contributed by atoms with E-state index >= 15 is 0 Å². The first-order valence-electron chi connectivity index (χ1n) is 9.15. The topological polar surface area (TPSA) is 116 Å². The van der Waals surface area contributed by atoms with Crippen LogP contribution in [0.15, 0.2) is 53.4 Å². The lowest BCUT2D eigenvalue weighted by Crippen LogP contribution is -2.47. The van der Waals surface area contributed by atoms with E-state index < -0.39 is 27.0 Å². The smallest absolute Gasteiger partial charge is 0.324 e. The highest BCUT2D eigenvalue weighted by atomic mass is 32.2. The molecule has 0 aromatic heterocycles. The number of carbonyl (C=O) groups is 1. The molecule has 1 atom stereocenters. The van der Waals surface area contributed by atoms with E-state index in [1.807, 2.05) is 0 Å². The zero-order valence-electron chi connectivity index (χ0n) is 17.1. The summed E-state index contributed by atoms with van der Waals surface area (Å²) >= 11 is 0. The predicted octanol–water partition coefficient (Wildman–Crippen LogP) is 2.40. The van der Waals surface area contributed by atoms with Crippen LogP contribution in [0.4, 0.5) is 5.69 Å². The van der Waals surface area contributed by atoms with Crippen molar-refractivity contribution in [2.45, 2.75) is 23.8 Å². The third-order valence-corrected chi connectivity index (χ3v) is 6.46. The van der Waals surface area contributed by atoms with Gasteiger partial charge in [-0.2, -0.15) is 4.31 Å². The lowest BCUT2D eigenvalue weighted by atomic mass is 10.1. The number of ether oxygens (including phenoxy) is 2. The number of benzene rings is 2. The van der Waals surface area contributed by atoms with E-state index in [2.05, 4.69) is 5.92 Å². The fourth-order valence-electron chi connectivity index (χ4n) is 2.92. The van der Waals surface area contributed by atoms with Crippen molar-refractivity contribution in [3.8, 4) is 18.1 Å². The van der Waals surface area contributed by atoms with Gasteiger partial charge >= 0.3 is 5.97 Å². The van der Waals surface area contributed by atoms with Gasteiger partial charge in [0.2, 0.25) is 10.0 Å². The van der Waals surface area contributed by atoms with Crippen LogP contribution in [0.2, 0.25) is 0 Å². The van der Waals surface area contributed by atoms with Crippen LogP contribution < -0.4 is 4.74 Å². The maximum Gasteiger partial charge on any atom is 0.324 e. The molecule has 31 heavy (non-hydrogen) atoms. The van der Waals surface area contributed by atoms with Crippen LogP contribution in [-0.2, 0) is 26.0 Å². The summed E-state index contributed by atoms with van der Waals surface area (Å²) in [4.78, 5) is 22.6. The number of non-ortho nitro benzene ring substituents is 1. The molecular weight excluding hydrogens is 424 g/mol. The van der Waals surface area contributed by atoms with Crippen molar-refractivity contribution in [2.24, 2.45) is 0 Å². The van der Waals surface area contributed by atoms with Gasteiger partial charge in [0, 0.05) is 25.1 Å². The summed E-state index contributed by atoms with van der Waals surface area (Å²) in [7, 11) is -1.53. The van der Waals surface area contributed by atoms with Crippen molar-refractivity contribution < 1.29 is 27.6 Å². The van der Waals surface area contributed by atoms with Gasteiger partial charge in [-0.3, -0.25) is 14.9 Å². The van der Waals surface area contributed by atoms with Gasteiger partial charge in [0.15, 0.2) is 0 Å². The number of sulfonamides is 1. The van der Waals surface area contributed by atoms with Crippen LogP contribution in [0, 0.1) is 22.5 Å². The van der Waals surface area contributed by atoms with Gasteiger partial charge in [-0.15, -0.1) is 12.3 Å². The first-order chi connectivity index (χ1) is 14.7. The number of nitrogens with zero attached hydrogens (tertiary/aromatic N) is 2. The molecule has 0 fully saturated rings. The van der Waals surface area contributed by atoms with Crippen molar-refractivity contribution in [3.63, 3.8) is 0 Å². The molecular formula is C21H22N2O7S. The number of methoxy groups -OCH3 is 2. The highest BCUT2D eigenvalue weighted by Gasteiger charge is 2.36. The Morgan fingerprint density at radius 2 is 1.77 bits per heavy atom. The second-order valence-corrected chi connectivity index (χ2v) is 8.30. The van der Waals surface area contributed by atoms with Crippen molar-refractivity contribution in [1.82, 2.24) is 4.31 Å². The van der Waals surface area contributed by atoms with Crippen molar-refractivity contribution in [1.29, 1.82) is 0 Å². The molecule has 2 aromatic carbocycles. The molecule has 0 saturated carbocycles. The number of nitro benzene ring substituents is 1. The molecule has 0 N–H and O–H groups in total. The zero-order chi connectivity index (χ0) is 23.0. The first kappa shape index (κ1) is 23.9. The van der Waals surface area contributed by atoms with Gasteiger partial charge in [-0.25, -0.2) is 8.42 Å². The molecule has 9 nitrogen and oxygen atoms in total. The summed E-state index contributed by atoms with van der Waals surface area (Å²) in [5.41, 5.74) is 0.428. The molecule has 164 valence electrons. The minimum atomic E-state index is -4.21. The molecule has 0 amide bonds. The van der Waals surface area contributed by atoms with Crippen LogP contribution in [0.5, 0.6) is 5.75 Å². The van der Waals surface area contributed by atoms with E-state index in [1.54, 1.807) is 24.3 Å². The third kappa shape index (κ3) is 5.81. The second-order valence-electron chi connectivity index (χ2n) is 6.41. The van der Waals surface area contributed by atoms with Crippen molar-refractivity contribution >= 4 is 21.7 Å². The number of hydrogen-bond acceptors (Lipinski definition) is 7. The Labute approximate surface area is 180 Å². The highest BCUT2D eigenvalue weighted by molar-refractivity contribution is 7.89. The van der Waals surface area contributed by atoms with E-state index in [9.17, 15) is 23.3 Å². The molecule has 0 saturated heterocycles.